The van der Waals surface area contributed by atoms with Crippen LogP contribution < -0.4 is 25.2 Å². The average molecular weight is 665 g/mol. The number of pyridine rings is 2. The maximum absolute atomic E-state index is 13.9. The van der Waals surface area contributed by atoms with E-state index < -0.39 is 48.9 Å². The fourth-order valence-electron chi connectivity index (χ4n) is 6.57. The topological polar surface area (TPSA) is 177 Å². The van der Waals surface area contributed by atoms with Crippen LogP contribution >= 0.6 is 0 Å². The summed E-state index contributed by atoms with van der Waals surface area (Å²) in [5, 5.41) is 15.3. The van der Waals surface area contributed by atoms with Crippen molar-refractivity contribution in [2.24, 2.45) is 5.92 Å². The number of nitro benzene ring substituents is 1. The number of aromatic amines is 1. The lowest BCUT2D eigenvalue weighted by Crippen LogP contribution is -2.46. The minimum atomic E-state index is -4.39. The number of halogens is 1. The number of nitrogens with zero attached hydrogens (tertiary/aromatic N) is 3. The number of benzene rings is 2. The number of aromatic nitrogens is 2. The van der Waals surface area contributed by atoms with Gasteiger partial charge in [-0.1, -0.05) is 12.1 Å². The Labute approximate surface area is 269 Å². The van der Waals surface area contributed by atoms with Gasteiger partial charge in [0, 0.05) is 36.1 Å². The average Bonchev–Trinajstić information content (AvgIpc) is 3.05. The highest BCUT2D eigenvalue weighted by Gasteiger charge is 2.35. The molecule has 15 heteroatoms. The molecule has 0 spiro atoms. The third-order valence-corrected chi connectivity index (χ3v) is 10.7. The van der Waals surface area contributed by atoms with Crippen molar-refractivity contribution in [2.75, 3.05) is 23.8 Å². The first kappa shape index (κ1) is 32.1. The van der Waals surface area contributed by atoms with Gasteiger partial charge in [0.15, 0.2) is 4.90 Å². The summed E-state index contributed by atoms with van der Waals surface area (Å²) in [6.45, 7) is 1.81. The summed E-state index contributed by atoms with van der Waals surface area (Å²) in [6.07, 6.45) is 2.50. The standard InChI is InChI=1S/C32H33FN6O7S/c1-18-22-12-9-20(33)15-26(22)35-31(41)23(18)16-25(37-47(44,45)28-6-4-3-5-27(28)39(42)43)19-7-10-21(11-8-19)38(2)29-14-13-24-32(36-29)46-30(40)17-34-24/h3-6,9,12-15,19,21,25,34,37H,7-8,10-11,16-17H2,1-2H3,(H,35,41)/t19-,21-,25?. The Hall–Kier alpha value is -4.89. The molecule has 0 radical (unpaired) electrons. The van der Waals surface area contributed by atoms with E-state index in [1.54, 1.807) is 19.1 Å². The number of rotatable bonds is 9. The van der Waals surface area contributed by atoms with Crippen molar-refractivity contribution >= 4 is 44.1 Å². The predicted octanol–water partition coefficient (Wildman–Crippen LogP) is 4.19. The van der Waals surface area contributed by atoms with E-state index in [2.05, 4.69) is 20.0 Å². The molecule has 0 amide bonds. The highest BCUT2D eigenvalue weighted by atomic mass is 32.2. The van der Waals surface area contributed by atoms with Crippen molar-refractivity contribution in [1.29, 1.82) is 0 Å². The molecule has 1 atom stereocenters. The fourth-order valence-corrected chi connectivity index (χ4v) is 8.05. The van der Waals surface area contributed by atoms with Crippen molar-refractivity contribution in [2.45, 2.75) is 56.0 Å². The number of ether oxygens (including phenoxy) is 1. The molecule has 0 saturated heterocycles. The van der Waals surface area contributed by atoms with Crippen molar-refractivity contribution in [3.63, 3.8) is 0 Å². The quantitative estimate of drug-likeness (QED) is 0.134. The van der Waals surface area contributed by atoms with Crippen LogP contribution in [0.1, 0.15) is 36.8 Å². The van der Waals surface area contributed by atoms with E-state index >= 15 is 0 Å². The molecule has 1 aliphatic heterocycles. The minimum Gasteiger partial charge on any atom is -0.404 e. The number of esters is 1. The van der Waals surface area contributed by atoms with E-state index in [4.69, 9.17) is 4.74 Å². The fraction of sp³-hybridized carbons (Fsp3) is 0.344. The number of nitrogens with one attached hydrogen (secondary N) is 3. The van der Waals surface area contributed by atoms with Gasteiger partial charge in [0.2, 0.25) is 15.9 Å². The number of H-pyrrole nitrogens is 1. The molecule has 2 aliphatic rings. The minimum absolute atomic E-state index is 0.0181. The molecule has 2 aromatic carbocycles. The molecular weight excluding hydrogens is 631 g/mol. The van der Waals surface area contributed by atoms with Gasteiger partial charge in [0.1, 0.15) is 18.2 Å². The van der Waals surface area contributed by atoms with Crippen LogP contribution in [-0.4, -0.2) is 55.0 Å². The second-order valence-corrected chi connectivity index (χ2v) is 13.6. The highest BCUT2D eigenvalue weighted by molar-refractivity contribution is 7.89. The summed E-state index contributed by atoms with van der Waals surface area (Å²) in [4.78, 5) is 44.8. The molecule has 1 aliphatic carbocycles. The van der Waals surface area contributed by atoms with Gasteiger partial charge in [0.25, 0.3) is 11.2 Å². The van der Waals surface area contributed by atoms with Gasteiger partial charge in [-0.25, -0.2) is 22.3 Å². The first-order chi connectivity index (χ1) is 22.4. The molecule has 0 bridgehead atoms. The molecule has 1 saturated carbocycles. The summed E-state index contributed by atoms with van der Waals surface area (Å²) in [5.74, 6) is -0.316. The third kappa shape index (κ3) is 6.53. The summed E-state index contributed by atoms with van der Waals surface area (Å²) < 4.78 is 49.3. The van der Waals surface area contributed by atoms with Crippen LogP contribution in [0.2, 0.25) is 0 Å². The number of anilines is 2. The van der Waals surface area contributed by atoms with E-state index in [1.165, 1.54) is 30.3 Å². The van der Waals surface area contributed by atoms with E-state index in [9.17, 15) is 32.5 Å². The van der Waals surface area contributed by atoms with Gasteiger partial charge in [-0.3, -0.25) is 14.9 Å². The molecule has 6 rings (SSSR count). The van der Waals surface area contributed by atoms with Gasteiger partial charge in [-0.2, -0.15) is 4.98 Å². The summed E-state index contributed by atoms with van der Waals surface area (Å²) in [6, 6.07) is 12.1. The molecule has 2 aromatic heterocycles. The Morgan fingerprint density at radius 3 is 2.62 bits per heavy atom. The normalized spacial score (nSPS) is 18.6. The molecule has 47 heavy (non-hydrogen) atoms. The van der Waals surface area contributed by atoms with Gasteiger partial charge >= 0.3 is 5.97 Å². The van der Waals surface area contributed by atoms with E-state index in [0.717, 1.165) is 6.07 Å². The number of carbonyl (C=O) groups is 1. The Balaban J connectivity index is 1.28. The monoisotopic (exact) mass is 664 g/mol. The molecule has 3 heterocycles. The smallest absolute Gasteiger partial charge is 0.332 e. The highest BCUT2D eigenvalue weighted by Crippen LogP contribution is 2.35. The number of hydrogen-bond acceptors (Lipinski definition) is 10. The van der Waals surface area contributed by atoms with Gasteiger partial charge in [-0.15, -0.1) is 0 Å². The van der Waals surface area contributed by atoms with E-state index in [0.29, 0.717) is 59.2 Å². The summed E-state index contributed by atoms with van der Waals surface area (Å²) >= 11 is 0. The van der Waals surface area contributed by atoms with E-state index in [-0.39, 0.29) is 30.8 Å². The number of carbonyl (C=O) groups excluding carboxylic acids is 1. The maximum Gasteiger partial charge on any atom is 0.332 e. The van der Waals surface area contributed by atoms with Crippen molar-refractivity contribution in [3.05, 3.63) is 92.0 Å². The Morgan fingerprint density at radius 2 is 1.87 bits per heavy atom. The second-order valence-electron chi connectivity index (χ2n) is 11.9. The number of para-hydroxylation sites is 1. The van der Waals surface area contributed by atoms with Crippen LogP contribution in [0.5, 0.6) is 5.88 Å². The largest absolute Gasteiger partial charge is 0.404 e. The number of fused-ring (bicyclic) bond motifs is 2. The Bertz CT molecular complexity index is 2050. The number of hydrogen-bond donors (Lipinski definition) is 3. The van der Waals surface area contributed by atoms with Crippen molar-refractivity contribution in [3.8, 4) is 5.88 Å². The van der Waals surface area contributed by atoms with Crippen LogP contribution in [0.4, 0.5) is 21.6 Å². The molecule has 1 fully saturated rings. The lowest BCUT2D eigenvalue weighted by atomic mass is 9.79. The van der Waals surface area contributed by atoms with E-state index in [1.807, 2.05) is 18.0 Å². The number of sulfonamides is 1. The zero-order valence-electron chi connectivity index (χ0n) is 25.7. The summed E-state index contributed by atoms with van der Waals surface area (Å²) in [5.41, 5.74) is 0.893. The van der Waals surface area contributed by atoms with Gasteiger partial charge in [0.05, 0.1) is 16.1 Å². The zero-order chi connectivity index (χ0) is 33.5. The molecule has 1 unspecified atom stereocenters. The molecule has 13 nitrogen and oxygen atoms in total. The second kappa shape index (κ2) is 12.7. The Morgan fingerprint density at radius 1 is 1.13 bits per heavy atom. The molecule has 3 N–H and O–H groups in total. The Kier molecular flexibility index (Phi) is 8.68. The molecule has 4 aromatic rings. The van der Waals surface area contributed by atoms with Crippen LogP contribution in [0.25, 0.3) is 10.9 Å². The number of nitro groups is 1. The summed E-state index contributed by atoms with van der Waals surface area (Å²) in [7, 11) is -2.49. The number of aryl methyl sites for hydroxylation is 1. The van der Waals surface area contributed by atoms with Crippen LogP contribution in [0.15, 0.2) is 64.3 Å². The van der Waals surface area contributed by atoms with Gasteiger partial charge < -0.3 is 19.9 Å². The first-order valence-electron chi connectivity index (χ1n) is 15.2. The maximum atomic E-state index is 13.9. The lowest BCUT2D eigenvalue weighted by Gasteiger charge is -2.38. The third-order valence-electron chi connectivity index (χ3n) is 9.14. The van der Waals surface area contributed by atoms with Crippen LogP contribution in [0.3, 0.4) is 0 Å². The van der Waals surface area contributed by atoms with Crippen molar-refractivity contribution in [1.82, 2.24) is 14.7 Å². The first-order valence-corrected chi connectivity index (χ1v) is 16.6. The van der Waals surface area contributed by atoms with Crippen LogP contribution in [0, 0.1) is 28.8 Å². The predicted molar refractivity (Wildman–Crippen MR) is 173 cm³/mol. The SMILES string of the molecule is Cc1c(CC(NS(=O)(=O)c2ccccc2[N+](=O)[O-])[C@H]2CC[C@H](N(C)c3ccc4c(n3)OC(=O)CN4)CC2)c(=O)[nH]c2cc(F)ccc12. The molecular formula is C32H33FN6O7S. The molecule has 246 valence electrons. The van der Waals surface area contributed by atoms with Gasteiger partial charge in [-0.05, 0) is 86.9 Å². The van der Waals surface area contributed by atoms with Crippen molar-refractivity contribution < 1.29 is 27.3 Å². The lowest BCUT2D eigenvalue weighted by molar-refractivity contribution is -0.387. The zero-order valence-corrected chi connectivity index (χ0v) is 26.5. The van der Waals surface area contributed by atoms with Crippen LogP contribution in [-0.2, 0) is 21.2 Å².